The molecule has 0 N–H and O–H groups in total. The summed E-state index contributed by atoms with van der Waals surface area (Å²) in [5.74, 6) is 0.0413. The second-order valence-electron chi connectivity index (χ2n) is 6.80. The van der Waals surface area contributed by atoms with Crippen molar-refractivity contribution >= 4 is 17.4 Å². The van der Waals surface area contributed by atoms with Gasteiger partial charge in [0.1, 0.15) is 5.75 Å². The molecule has 24 heavy (non-hydrogen) atoms. The molecule has 0 bridgehead atoms. The van der Waals surface area contributed by atoms with E-state index >= 15 is 0 Å². The summed E-state index contributed by atoms with van der Waals surface area (Å²) in [5.41, 5.74) is -1.02. The summed E-state index contributed by atoms with van der Waals surface area (Å²) in [6, 6.07) is 6.00. The van der Waals surface area contributed by atoms with E-state index in [-0.39, 0.29) is 16.9 Å². The summed E-state index contributed by atoms with van der Waals surface area (Å²) in [7, 11) is 0. The van der Waals surface area contributed by atoms with Gasteiger partial charge in [-0.3, -0.25) is 4.79 Å². The summed E-state index contributed by atoms with van der Waals surface area (Å²) in [5, 5.41) is 4.46. The van der Waals surface area contributed by atoms with E-state index in [1.54, 1.807) is 23.7 Å². The van der Waals surface area contributed by atoms with Crippen LogP contribution in [0.4, 0.5) is 8.78 Å². The summed E-state index contributed by atoms with van der Waals surface area (Å²) in [6.07, 6.45) is 1.21. The molecule has 0 amide bonds. The highest BCUT2D eigenvalue weighted by molar-refractivity contribution is 6.20. The van der Waals surface area contributed by atoms with E-state index < -0.39 is 5.57 Å². The molecule has 0 unspecified atom stereocenters. The van der Waals surface area contributed by atoms with E-state index in [1.165, 1.54) is 12.1 Å². The van der Waals surface area contributed by atoms with E-state index in [9.17, 15) is 13.6 Å². The molecule has 1 aliphatic carbocycles. The number of alkyl halides is 3. The van der Waals surface area contributed by atoms with E-state index in [1.807, 2.05) is 13.8 Å². The molecule has 0 saturated heterocycles. The number of carbonyl (C=O) groups excluding carboxylic acids is 1. The Kier molecular flexibility index (Phi) is 3.91. The van der Waals surface area contributed by atoms with Crippen molar-refractivity contribution in [2.45, 2.75) is 39.2 Å². The van der Waals surface area contributed by atoms with Gasteiger partial charge >= 0.3 is 5.57 Å². The fourth-order valence-electron chi connectivity index (χ4n) is 3.14. The molecule has 4 nitrogen and oxygen atoms in total. The van der Waals surface area contributed by atoms with Gasteiger partial charge in [0.25, 0.3) is 0 Å². The van der Waals surface area contributed by atoms with Crippen LogP contribution in [-0.4, -0.2) is 21.1 Å². The lowest BCUT2D eigenvalue weighted by atomic mass is 9.75. The average Bonchev–Trinajstić information content (AvgIpc) is 2.73. The Morgan fingerprint density at radius 2 is 1.88 bits per heavy atom. The van der Waals surface area contributed by atoms with Crippen molar-refractivity contribution in [1.29, 1.82) is 0 Å². The van der Waals surface area contributed by atoms with Gasteiger partial charge in [-0.15, -0.1) is 8.78 Å². The van der Waals surface area contributed by atoms with Crippen molar-refractivity contribution in [2.75, 3.05) is 0 Å². The maximum absolute atomic E-state index is 12.7. The normalized spacial score (nSPS) is 16.8. The van der Waals surface area contributed by atoms with Crippen LogP contribution in [0.5, 0.6) is 5.75 Å². The van der Waals surface area contributed by atoms with Crippen LogP contribution in [-0.2, 0) is 6.42 Å². The molecule has 0 aliphatic heterocycles. The molecule has 1 aliphatic rings. The Morgan fingerprint density at radius 3 is 2.46 bits per heavy atom. The quantitative estimate of drug-likeness (QED) is 0.762. The zero-order valence-electron chi connectivity index (χ0n) is 13.6. The maximum atomic E-state index is 12.7. The fraction of sp³-hybridized carbons (Fsp3) is 0.412. The minimum absolute atomic E-state index is 0.0482. The molecular weight excluding hydrogens is 338 g/mol. The number of Topliss-reactive ketones (excluding diaryl/α,β-unsaturated/α-hetero) is 1. The van der Waals surface area contributed by atoms with Crippen molar-refractivity contribution in [3.8, 4) is 11.4 Å². The minimum Gasteiger partial charge on any atom is -0.420 e. The second-order valence-corrected chi connectivity index (χ2v) is 7.24. The maximum Gasteiger partial charge on any atom is 0.487 e. The van der Waals surface area contributed by atoms with E-state index in [0.717, 1.165) is 5.69 Å². The van der Waals surface area contributed by atoms with Crippen LogP contribution in [0.15, 0.2) is 24.3 Å². The van der Waals surface area contributed by atoms with Gasteiger partial charge in [-0.1, -0.05) is 13.8 Å². The third-order valence-electron chi connectivity index (χ3n) is 4.03. The molecule has 128 valence electrons. The topological polar surface area (TPSA) is 44.1 Å². The number of aryl methyl sites for hydroxylation is 1. The van der Waals surface area contributed by atoms with Crippen molar-refractivity contribution in [3.05, 3.63) is 41.2 Å². The van der Waals surface area contributed by atoms with Gasteiger partial charge < -0.3 is 4.74 Å². The zero-order chi connectivity index (χ0) is 17.7. The first-order valence-electron chi connectivity index (χ1n) is 7.54. The number of nitrogens with zero attached hydrogens (tertiary/aromatic N) is 2. The van der Waals surface area contributed by atoms with Gasteiger partial charge in [-0.05, 0) is 43.0 Å². The van der Waals surface area contributed by atoms with E-state index in [2.05, 4.69) is 9.84 Å². The SMILES string of the molecule is Cc1nn(-c2ccc(OC(F)(F)Cl)cc2)c2c1C(=O)CC(C)(C)C2. The molecule has 1 aromatic heterocycles. The van der Waals surface area contributed by atoms with Gasteiger partial charge in [-0.25, -0.2) is 4.68 Å². The molecule has 2 aromatic rings. The van der Waals surface area contributed by atoms with Crippen molar-refractivity contribution < 1.29 is 18.3 Å². The second kappa shape index (κ2) is 5.55. The monoisotopic (exact) mass is 354 g/mol. The van der Waals surface area contributed by atoms with Gasteiger partial charge in [0, 0.05) is 18.0 Å². The molecule has 3 rings (SSSR count). The van der Waals surface area contributed by atoms with Crippen LogP contribution in [0.25, 0.3) is 5.69 Å². The number of ketones is 1. The zero-order valence-corrected chi connectivity index (χ0v) is 14.3. The van der Waals surface area contributed by atoms with Crippen LogP contribution < -0.4 is 4.74 Å². The predicted octanol–water partition coefficient (Wildman–Crippen LogP) is 4.50. The Balaban J connectivity index is 1.99. The summed E-state index contributed by atoms with van der Waals surface area (Å²) < 4.78 is 31.4. The Bertz CT molecular complexity index is 792. The first-order valence-corrected chi connectivity index (χ1v) is 7.91. The lowest BCUT2D eigenvalue weighted by Crippen LogP contribution is -2.28. The molecule has 0 fully saturated rings. The highest BCUT2D eigenvalue weighted by atomic mass is 35.5. The van der Waals surface area contributed by atoms with E-state index in [4.69, 9.17) is 11.6 Å². The molecule has 0 atom stereocenters. The van der Waals surface area contributed by atoms with Crippen LogP contribution in [0.3, 0.4) is 0 Å². The lowest BCUT2D eigenvalue weighted by molar-refractivity contribution is -0.0964. The Hall–Kier alpha value is -1.95. The summed E-state index contributed by atoms with van der Waals surface area (Å²) in [4.78, 5) is 12.4. The number of carbonyl (C=O) groups is 1. The first-order chi connectivity index (χ1) is 11.1. The molecule has 0 radical (unpaired) electrons. The number of benzene rings is 1. The highest BCUT2D eigenvalue weighted by Gasteiger charge is 2.35. The standard InChI is InChI=1S/C17H17ClF2N2O2/c1-10-15-13(8-16(2,3)9-14(15)23)22(21-10)11-4-6-12(7-5-11)24-17(18,19)20/h4-7H,8-9H2,1-3H3. The molecule has 1 heterocycles. The van der Waals surface area contributed by atoms with Crippen LogP contribution >= 0.6 is 11.6 Å². The minimum atomic E-state index is -3.75. The molecule has 1 aromatic carbocycles. The van der Waals surface area contributed by atoms with Gasteiger partial charge in [0.15, 0.2) is 5.78 Å². The number of fused-ring (bicyclic) bond motifs is 1. The van der Waals surface area contributed by atoms with Crippen molar-refractivity contribution in [3.63, 3.8) is 0 Å². The van der Waals surface area contributed by atoms with Gasteiger partial charge in [-0.2, -0.15) is 5.10 Å². The lowest BCUT2D eigenvalue weighted by Gasteiger charge is -2.29. The van der Waals surface area contributed by atoms with Crippen molar-refractivity contribution in [2.24, 2.45) is 5.41 Å². The fourth-order valence-corrected chi connectivity index (χ4v) is 3.23. The molecule has 0 saturated carbocycles. The number of halogens is 3. The Labute approximate surface area is 143 Å². The first kappa shape index (κ1) is 16.9. The van der Waals surface area contributed by atoms with Gasteiger partial charge in [0.2, 0.25) is 0 Å². The smallest absolute Gasteiger partial charge is 0.420 e. The van der Waals surface area contributed by atoms with Crippen molar-refractivity contribution in [1.82, 2.24) is 9.78 Å². The average molecular weight is 355 g/mol. The third kappa shape index (κ3) is 3.29. The van der Waals surface area contributed by atoms with Gasteiger partial charge in [0.05, 0.1) is 22.6 Å². The number of aromatic nitrogens is 2. The Morgan fingerprint density at radius 1 is 1.25 bits per heavy atom. The van der Waals surface area contributed by atoms with Crippen LogP contribution in [0.1, 0.15) is 42.0 Å². The number of ether oxygens (including phenoxy) is 1. The third-order valence-corrected chi connectivity index (χ3v) is 4.11. The summed E-state index contributed by atoms with van der Waals surface area (Å²) >= 11 is 4.76. The molecule has 0 spiro atoms. The number of rotatable bonds is 3. The van der Waals surface area contributed by atoms with Crippen LogP contribution in [0.2, 0.25) is 0 Å². The highest BCUT2D eigenvalue weighted by Crippen LogP contribution is 2.37. The molecule has 7 heteroatoms. The molecular formula is C17H17ClF2N2O2. The van der Waals surface area contributed by atoms with E-state index in [0.29, 0.717) is 29.8 Å². The number of hydrogen-bond donors (Lipinski definition) is 0. The summed E-state index contributed by atoms with van der Waals surface area (Å²) in [6.45, 7) is 5.89. The predicted molar refractivity (Wildman–Crippen MR) is 86.2 cm³/mol. The number of hydrogen-bond acceptors (Lipinski definition) is 3. The van der Waals surface area contributed by atoms with Crippen LogP contribution in [0, 0.1) is 12.3 Å². The largest absolute Gasteiger partial charge is 0.487 e.